The zero-order valence-corrected chi connectivity index (χ0v) is 22.0. The quantitative estimate of drug-likeness (QED) is 0.130. The molecule has 2 aromatic carbocycles. The standard InChI is InChI=1S/C27H30O16/c28-6-15-19(33)23(37)26(40-7-16-20(34)22(36)24(38)27(39)43-16)25(42-15)18-12(32)5-14-17(21(18)35)11(31)4-13(41-14)8-1-2-9(29)10(30)3-8/h1-5,15-16,19-20,22-30,32-39H,6-7H2/t15-,16-,19-,20-,22+,23+,24-,25+,26-,27-/m1/s1. The van der Waals surface area contributed by atoms with Gasteiger partial charge in [0.05, 0.1) is 18.8 Å². The van der Waals surface area contributed by atoms with Gasteiger partial charge in [0.1, 0.15) is 83.2 Å². The third-order valence-electron chi connectivity index (χ3n) is 7.56. The van der Waals surface area contributed by atoms with Crippen molar-refractivity contribution in [1.29, 1.82) is 0 Å². The second-order valence-electron chi connectivity index (χ2n) is 10.3. The van der Waals surface area contributed by atoms with Crippen molar-refractivity contribution in [3.8, 4) is 34.3 Å². The number of aliphatic hydroxyl groups is 7. The number of aromatic hydroxyl groups is 4. The second-order valence-corrected chi connectivity index (χ2v) is 10.3. The van der Waals surface area contributed by atoms with Crippen LogP contribution in [0.4, 0.5) is 0 Å². The Labute approximate surface area is 241 Å². The van der Waals surface area contributed by atoms with Crippen LogP contribution in [0.15, 0.2) is 39.5 Å². The number of rotatable bonds is 6. The molecule has 0 unspecified atom stereocenters. The van der Waals surface area contributed by atoms with Crippen LogP contribution in [0, 0.1) is 0 Å². The Morgan fingerprint density at radius 1 is 0.744 bits per heavy atom. The molecule has 16 nitrogen and oxygen atoms in total. The van der Waals surface area contributed by atoms with E-state index < -0.39 is 114 Å². The van der Waals surface area contributed by atoms with Crippen molar-refractivity contribution in [2.75, 3.05) is 13.2 Å². The maximum absolute atomic E-state index is 13.1. The predicted octanol–water partition coefficient (Wildman–Crippen LogP) is -2.38. The van der Waals surface area contributed by atoms with Crippen LogP contribution in [-0.4, -0.2) is 125 Å². The number of fused-ring (bicyclic) bond motifs is 1. The first-order chi connectivity index (χ1) is 20.3. The van der Waals surface area contributed by atoms with Gasteiger partial charge in [-0.05, 0) is 18.2 Å². The minimum absolute atomic E-state index is 0.0890. The molecule has 0 saturated carbocycles. The van der Waals surface area contributed by atoms with Crippen LogP contribution in [0.2, 0.25) is 0 Å². The van der Waals surface area contributed by atoms with E-state index in [-0.39, 0.29) is 16.9 Å². The maximum atomic E-state index is 13.1. The van der Waals surface area contributed by atoms with Crippen molar-refractivity contribution in [2.24, 2.45) is 0 Å². The summed E-state index contributed by atoms with van der Waals surface area (Å²) in [6, 6.07) is 5.57. The van der Waals surface area contributed by atoms with E-state index in [0.29, 0.717) is 0 Å². The molecule has 0 bridgehead atoms. The van der Waals surface area contributed by atoms with E-state index in [9.17, 15) is 61.0 Å². The molecular formula is C27H30O16. The summed E-state index contributed by atoms with van der Waals surface area (Å²) in [5.74, 6) is -2.58. The first-order valence-electron chi connectivity index (χ1n) is 13.0. The van der Waals surface area contributed by atoms with Gasteiger partial charge in [0.25, 0.3) is 0 Å². The molecule has 16 heteroatoms. The number of hydrogen-bond acceptors (Lipinski definition) is 16. The summed E-state index contributed by atoms with van der Waals surface area (Å²) in [6.45, 7) is -1.50. The van der Waals surface area contributed by atoms with Crippen LogP contribution in [0.3, 0.4) is 0 Å². The number of hydrogen-bond donors (Lipinski definition) is 11. The van der Waals surface area contributed by atoms with Gasteiger partial charge in [0.2, 0.25) is 0 Å². The van der Waals surface area contributed by atoms with E-state index in [4.69, 9.17) is 18.6 Å². The molecule has 2 fully saturated rings. The Morgan fingerprint density at radius 2 is 1.44 bits per heavy atom. The fourth-order valence-electron chi connectivity index (χ4n) is 5.19. The first kappa shape index (κ1) is 30.9. The number of phenolic OH excluding ortho intramolecular Hbond substituents is 4. The van der Waals surface area contributed by atoms with Gasteiger partial charge in [0.15, 0.2) is 23.2 Å². The Hall–Kier alpha value is -3.55. The van der Waals surface area contributed by atoms with Gasteiger partial charge in [-0.2, -0.15) is 0 Å². The molecular weight excluding hydrogens is 580 g/mol. The average molecular weight is 611 g/mol. The Kier molecular flexibility index (Phi) is 8.52. The molecule has 0 radical (unpaired) electrons. The second kappa shape index (κ2) is 11.9. The molecule has 0 aliphatic carbocycles. The summed E-state index contributed by atoms with van der Waals surface area (Å²) in [5, 5.41) is 112. The SMILES string of the molecule is O=c1cc(-c2ccc(O)c(O)c2)oc2cc(O)c([C@@H]3O[C@H](CO)[C@@H](O)[C@H](O)[C@H]3OC[C@H]3O[C@@H](O)[C@H](O)[C@@H](O)[C@@H]3O)c(O)c12. The lowest BCUT2D eigenvalue weighted by Gasteiger charge is -2.44. The maximum Gasteiger partial charge on any atom is 0.197 e. The van der Waals surface area contributed by atoms with E-state index in [1.165, 1.54) is 6.07 Å². The highest BCUT2D eigenvalue weighted by Gasteiger charge is 2.49. The van der Waals surface area contributed by atoms with Crippen molar-refractivity contribution in [3.05, 3.63) is 46.1 Å². The summed E-state index contributed by atoms with van der Waals surface area (Å²) < 4.78 is 22.1. The van der Waals surface area contributed by atoms with Gasteiger partial charge < -0.3 is 74.8 Å². The average Bonchev–Trinajstić information content (AvgIpc) is 2.96. The van der Waals surface area contributed by atoms with Crippen molar-refractivity contribution in [2.45, 2.75) is 61.2 Å². The molecule has 2 saturated heterocycles. The van der Waals surface area contributed by atoms with Crippen molar-refractivity contribution >= 4 is 11.0 Å². The van der Waals surface area contributed by atoms with Crippen molar-refractivity contribution in [1.82, 2.24) is 0 Å². The summed E-state index contributed by atoms with van der Waals surface area (Å²) in [6.07, 6.45) is -17.2. The van der Waals surface area contributed by atoms with E-state index >= 15 is 0 Å². The summed E-state index contributed by atoms with van der Waals surface area (Å²) in [4.78, 5) is 13.1. The molecule has 43 heavy (non-hydrogen) atoms. The molecule has 3 heterocycles. The lowest BCUT2D eigenvalue weighted by Crippen LogP contribution is -2.60. The molecule has 5 rings (SSSR count). The van der Waals surface area contributed by atoms with Gasteiger partial charge >= 0.3 is 0 Å². The Bertz CT molecular complexity index is 1540. The summed E-state index contributed by atoms with van der Waals surface area (Å²) in [7, 11) is 0. The molecule has 2 aliphatic rings. The topological polar surface area (TPSA) is 280 Å². The number of benzene rings is 2. The minimum atomic E-state index is -1.90. The highest BCUT2D eigenvalue weighted by Crippen LogP contribution is 2.46. The van der Waals surface area contributed by atoms with Gasteiger partial charge in [-0.25, -0.2) is 0 Å². The highest BCUT2D eigenvalue weighted by molar-refractivity contribution is 5.88. The monoisotopic (exact) mass is 610 g/mol. The summed E-state index contributed by atoms with van der Waals surface area (Å²) in [5.41, 5.74) is -1.43. The van der Waals surface area contributed by atoms with Crippen molar-refractivity contribution < 1.29 is 74.8 Å². The number of ether oxygens (including phenoxy) is 3. The highest BCUT2D eigenvalue weighted by atomic mass is 16.7. The van der Waals surface area contributed by atoms with E-state index in [2.05, 4.69) is 0 Å². The smallest absolute Gasteiger partial charge is 0.197 e. The lowest BCUT2D eigenvalue weighted by molar-refractivity contribution is -0.300. The Balaban J connectivity index is 1.53. The van der Waals surface area contributed by atoms with Gasteiger partial charge in [0, 0.05) is 17.7 Å². The first-order valence-corrected chi connectivity index (χ1v) is 13.0. The number of aliphatic hydroxyl groups excluding tert-OH is 7. The zero-order valence-electron chi connectivity index (χ0n) is 22.0. The summed E-state index contributed by atoms with van der Waals surface area (Å²) >= 11 is 0. The third kappa shape index (κ3) is 5.49. The van der Waals surface area contributed by atoms with Crippen LogP contribution < -0.4 is 5.43 Å². The molecule has 11 N–H and O–H groups in total. The van der Waals surface area contributed by atoms with E-state index in [1.54, 1.807) is 0 Å². The predicted molar refractivity (Wildman–Crippen MR) is 140 cm³/mol. The van der Waals surface area contributed by atoms with Crippen LogP contribution in [-0.2, 0) is 14.2 Å². The van der Waals surface area contributed by atoms with Crippen LogP contribution >= 0.6 is 0 Å². The number of phenols is 4. The molecule has 10 atom stereocenters. The molecule has 2 aliphatic heterocycles. The lowest BCUT2D eigenvalue weighted by atomic mass is 9.89. The molecule has 234 valence electrons. The fraction of sp³-hybridized carbons (Fsp3) is 0.444. The molecule has 3 aromatic rings. The molecule has 0 amide bonds. The largest absolute Gasteiger partial charge is 0.507 e. The van der Waals surface area contributed by atoms with Crippen LogP contribution in [0.25, 0.3) is 22.3 Å². The molecule has 0 spiro atoms. The van der Waals surface area contributed by atoms with Crippen LogP contribution in [0.5, 0.6) is 23.0 Å². The van der Waals surface area contributed by atoms with E-state index in [1.807, 2.05) is 0 Å². The fourth-order valence-corrected chi connectivity index (χ4v) is 5.19. The molecule has 1 aromatic heterocycles. The van der Waals surface area contributed by atoms with Gasteiger partial charge in [-0.1, -0.05) is 0 Å². The van der Waals surface area contributed by atoms with Crippen LogP contribution in [0.1, 0.15) is 11.7 Å². The van der Waals surface area contributed by atoms with Crippen molar-refractivity contribution in [3.63, 3.8) is 0 Å². The van der Waals surface area contributed by atoms with Gasteiger partial charge in [-0.15, -0.1) is 0 Å². The Morgan fingerprint density at radius 3 is 2.12 bits per heavy atom. The zero-order chi connectivity index (χ0) is 31.3. The normalized spacial score (nSPS) is 33.1. The van der Waals surface area contributed by atoms with E-state index in [0.717, 1.165) is 24.3 Å². The minimum Gasteiger partial charge on any atom is -0.507 e. The van der Waals surface area contributed by atoms with Gasteiger partial charge in [-0.3, -0.25) is 4.79 Å². The third-order valence-corrected chi connectivity index (χ3v) is 7.56.